The third-order valence-corrected chi connectivity index (χ3v) is 2.78. The van der Waals surface area contributed by atoms with E-state index in [1.807, 2.05) is 18.2 Å². The predicted molar refractivity (Wildman–Crippen MR) is 75.9 cm³/mol. The molecule has 3 N–H and O–H groups in total. The van der Waals surface area contributed by atoms with Gasteiger partial charge in [-0.15, -0.1) is 0 Å². The number of nitrogens with one attached hydrogen (secondary N) is 1. The quantitative estimate of drug-likeness (QED) is 0.650. The smallest absolute Gasteiger partial charge is 0.145 e. The molecule has 0 aliphatic heterocycles. The molecule has 1 aromatic heterocycles. The fourth-order valence-electron chi connectivity index (χ4n) is 1.78. The van der Waals surface area contributed by atoms with Crippen molar-refractivity contribution in [1.82, 2.24) is 4.98 Å². The van der Waals surface area contributed by atoms with Gasteiger partial charge in [-0.05, 0) is 29.7 Å². The number of nitrogens with zero attached hydrogens (tertiary/aromatic N) is 1. The number of nitrogens with two attached hydrogens (primary N) is 1. The second kappa shape index (κ2) is 5.52. The topological polar surface area (TPSA) is 72.0 Å². The van der Waals surface area contributed by atoms with Gasteiger partial charge in [-0.3, -0.25) is 5.41 Å². The van der Waals surface area contributed by atoms with E-state index in [0.717, 1.165) is 11.3 Å². The minimum absolute atomic E-state index is 0.0471. The highest BCUT2D eigenvalue weighted by Gasteiger charge is 2.08. The molecule has 0 radical (unpaired) electrons. The van der Waals surface area contributed by atoms with Crippen molar-refractivity contribution in [3.8, 4) is 11.5 Å². The van der Waals surface area contributed by atoms with E-state index in [4.69, 9.17) is 15.9 Å². The number of benzene rings is 1. The number of rotatable bonds is 4. The summed E-state index contributed by atoms with van der Waals surface area (Å²) in [4.78, 5) is 4.07. The van der Waals surface area contributed by atoms with Crippen LogP contribution in [0.15, 0.2) is 42.6 Å². The second-order valence-electron chi connectivity index (χ2n) is 4.59. The van der Waals surface area contributed by atoms with Crippen molar-refractivity contribution in [3.63, 3.8) is 0 Å². The molecule has 0 unspecified atom stereocenters. The molecule has 1 heterocycles. The van der Waals surface area contributed by atoms with Crippen LogP contribution in [-0.4, -0.2) is 10.8 Å². The highest BCUT2D eigenvalue weighted by molar-refractivity contribution is 5.92. The Bertz CT molecular complexity index is 576. The highest BCUT2D eigenvalue weighted by atomic mass is 16.5. The van der Waals surface area contributed by atoms with Crippen LogP contribution in [0.4, 0.5) is 0 Å². The molecule has 0 aliphatic rings. The van der Waals surface area contributed by atoms with Gasteiger partial charge in [0.25, 0.3) is 0 Å². The van der Waals surface area contributed by atoms with Crippen LogP contribution < -0.4 is 10.5 Å². The van der Waals surface area contributed by atoms with Gasteiger partial charge in [-0.25, -0.2) is 4.98 Å². The average molecular weight is 255 g/mol. The molecule has 19 heavy (non-hydrogen) atoms. The summed E-state index contributed by atoms with van der Waals surface area (Å²) in [6, 6.07) is 11.4. The third kappa shape index (κ3) is 3.10. The summed E-state index contributed by atoms with van der Waals surface area (Å²) >= 11 is 0. The largest absolute Gasteiger partial charge is 0.455 e. The lowest BCUT2D eigenvalue weighted by molar-refractivity contribution is 0.471. The van der Waals surface area contributed by atoms with E-state index in [-0.39, 0.29) is 5.84 Å². The van der Waals surface area contributed by atoms with Crippen LogP contribution in [0.2, 0.25) is 0 Å². The number of amidine groups is 1. The van der Waals surface area contributed by atoms with Crippen molar-refractivity contribution in [2.24, 2.45) is 5.73 Å². The summed E-state index contributed by atoms with van der Waals surface area (Å²) in [5, 5.41) is 7.29. The molecule has 0 spiro atoms. The van der Waals surface area contributed by atoms with Gasteiger partial charge in [0.05, 0.1) is 6.20 Å². The summed E-state index contributed by atoms with van der Waals surface area (Å²) in [7, 11) is 0. The molecule has 0 saturated heterocycles. The van der Waals surface area contributed by atoms with Gasteiger partial charge in [-0.2, -0.15) is 0 Å². The van der Waals surface area contributed by atoms with E-state index in [1.165, 1.54) is 0 Å². The molecule has 4 heteroatoms. The Morgan fingerprint density at radius 3 is 2.53 bits per heavy atom. The van der Waals surface area contributed by atoms with E-state index >= 15 is 0 Å². The van der Waals surface area contributed by atoms with Gasteiger partial charge in [-0.1, -0.05) is 32.0 Å². The summed E-state index contributed by atoms with van der Waals surface area (Å²) < 4.78 is 5.83. The van der Waals surface area contributed by atoms with Crippen LogP contribution in [0.5, 0.6) is 11.5 Å². The van der Waals surface area contributed by atoms with Gasteiger partial charge in [0, 0.05) is 0 Å². The number of ether oxygens (including phenoxy) is 1. The summed E-state index contributed by atoms with van der Waals surface area (Å²) in [6.07, 6.45) is 1.58. The first-order valence-corrected chi connectivity index (χ1v) is 6.15. The first-order valence-electron chi connectivity index (χ1n) is 6.15. The van der Waals surface area contributed by atoms with Crippen molar-refractivity contribution in [2.45, 2.75) is 19.8 Å². The fourth-order valence-corrected chi connectivity index (χ4v) is 1.78. The second-order valence-corrected chi connectivity index (χ2v) is 4.59. The number of hydrogen-bond acceptors (Lipinski definition) is 3. The molecule has 2 aromatic rings. The van der Waals surface area contributed by atoms with Crippen LogP contribution in [0.3, 0.4) is 0 Å². The zero-order valence-corrected chi connectivity index (χ0v) is 11.1. The summed E-state index contributed by atoms with van der Waals surface area (Å²) in [5.74, 6) is 1.81. The molecule has 98 valence electrons. The maximum Gasteiger partial charge on any atom is 0.145 e. The third-order valence-electron chi connectivity index (χ3n) is 2.78. The number of aromatic nitrogens is 1. The number of nitrogen functional groups attached to an aromatic ring is 1. The molecule has 0 fully saturated rings. The lowest BCUT2D eigenvalue weighted by Crippen LogP contribution is -2.12. The van der Waals surface area contributed by atoms with Gasteiger partial charge < -0.3 is 10.5 Å². The minimum atomic E-state index is -0.0471. The van der Waals surface area contributed by atoms with Gasteiger partial charge in [0.1, 0.15) is 23.0 Å². The zero-order chi connectivity index (χ0) is 13.8. The number of hydrogen-bond donors (Lipinski definition) is 2. The highest BCUT2D eigenvalue weighted by Crippen LogP contribution is 2.29. The van der Waals surface area contributed by atoms with Gasteiger partial charge in [0.2, 0.25) is 0 Å². The predicted octanol–water partition coefficient (Wildman–Crippen LogP) is 3.28. The lowest BCUT2D eigenvalue weighted by Gasteiger charge is -2.13. The molecule has 0 aliphatic carbocycles. The van der Waals surface area contributed by atoms with E-state index in [9.17, 15) is 0 Å². The van der Waals surface area contributed by atoms with Crippen LogP contribution in [-0.2, 0) is 0 Å². The van der Waals surface area contributed by atoms with Crippen molar-refractivity contribution in [3.05, 3.63) is 53.9 Å². The van der Waals surface area contributed by atoms with E-state index in [0.29, 0.717) is 17.4 Å². The van der Waals surface area contributed by atoms with E-state index in [2.05, 4.69) is 24.9 Å². The molecule has 0 saturated carbocycles. The lowest BCUT2D eigenvalue weighted by atomic mass is 10.0. The molecule has 1 aromatic carbocycles. The van der Waals surface area contributed by atoms with Crippen LogP contribution in [0.25, 0.3) is 0 Å². The van der Waals surface area contributed by atoms with Gasteiger partial charge in [0.15, 0.2) is 0 Å². The Morgan fingerprint density at radius 2 is 1.95 bits per heavy atom. The first-order chi connectivity index (χ1) is 9.08. The average Bonchev–Trinajstić information content (AvgIpc) is 2.39. The molecule has 0 amide bonds. The van der Waals surface area contributed by atoms with Crippen molar-refractivity contribution < 1.29 is 4.74 Å². The summed E-state index contributed by atoms with van der Waals surface area (Å²) in [6.45, 7) is 4.25. The van der Waals surface area contributed by atoms with E-state index < -0.39 is 0 Å². The number of pyridine rings is 1. The maximum atomic E-state index is 7.29. The maximum absolute atomic E-state index is 7.29. The van der Waals surface area contributed by atoms with Crippen molar-refractivity contribution in [1.29, 1.82) is 5.41 Å². The Kier molecular flexibility index (Phi) is 3.80. The molecular weight excluding hydrogens is 238 g/mol. The monoisotopic (exact) mass is 255 g/mol. The van der Waals surface area contributed by atoms with Crippen molar-refractivity contribution >= 4 is 5.84 Å². The molecule has 0 bridgehead atoms. The molecule has 4 nitrogen and oxygen atoms in total. The summed E-state index contributed by atoms with van der Waals surface area (Å²) in [5.41, 5.74) is 6.96. The number of para-hydroxylation sites is 1. The van der Waals surface area contributed by atoms with Crippen LogP contribution in [0.1, 0.15) is 31.0 Å². The minimum Gasteiger partial charge on any atom is -0.455 e. The Balaban J connectivity index is 2.24. The van der Waals surface area contributed by atoms with E-state index in [1.54, 1.807) is 18.3 Å². The molecule has 0 atom stereocenters. The SMILES string of the molecule is CC(C)c1ccccc1Oc1ccc(C(=N)N)nc1. The standard InChI is InChI=1S/C15H17N3O/c1-10(2)12-5-3-4-6-14(12)19-11-7-8-13(15(16)17)18-9-11/h3-10H,1-2H3,(H3,16,17). The van der Waals surface area contributed by atoms with Crippen molar-refractivity contribution in [2.75, 3.05) is 0 Å². The van der Waals surface area contributed by atoms with Gasteiger partial charge >= 0.3 is 0 Å². The zero-order valence-electron chi connectivity index (χ0n) is 11.1. The first kappa shape index (κ1) is 13.1. The van der Waals surface area contributed by atoms with Crippen LogP contribution >= 0.6 is 0 Å². The Labute approximate surface area is 112 Å². The Morgan fingerprint density at radius 1 is 1.21 bits per heavy atom. The Hall–Kier alpha value is -2.36. The molecular formula is C15H17N3O. The fraction of sp³-hybridized carbons (Fsp3) is 0.200. The molecule has 2 rings (SSSR count). The normalized spacial score (nSPS) is 10.5. The van der Waals surface area contributed by atoms with Crippen LogP contribution in [0, 0.1) is 5.41 Å².